The lowest BCUT2D eigenvalue weighted by atomic mass is 9.96. The molecule has 2 N–H and O–H groups in total. The average Bonchev–Trinajstić information content (AvgIpc) is 2.18. The van der Waals surface area contributed by atoms with E-state index in [1.165, 1.54) is 24.0 Å². The zero-order valence-corrected chi connectivity index (χ0v) is 8.59. The van der Waals surface area contributed by atoms with Gasteiger partial charge in [0.05, 0.1) is 0 Å². The van der Waals surface area contributed by atoms with E-state index in [-0.39, 0.29) is 0 Å². The monoisotopic (exact) mass is 177 g/mol. The summed E-state index contributed by atoms with van der Waals surface area (Å²) < 4.78 is 0. The van der Waals surface area contributed by atoms with Crippen molar-refractivity contribution >= 4 is 0 Å². The molecule has 0 saturated heterocycles. The largest absolute Gasteiger partial charge is 0.326 e. The summed E-state index contributed by atoms with van der Waals surface area (Å²) in [5.41, 5.74) is 8.18. The van der Waals surface area contributed by atoms with Gasteiger partial charge in [-0.15, -0.1) is 0 Å². The Hall–Kier alpha value is -0.820. The third kappa shape index (κ3) is 2.85. The van der Waals surface area contributed by atoms with Gasteiger partial charge in [-0.2, -0.15) is 0 Å². The third-order valence-corrected chi connectivity index (χ3v) is 2.51. The van der Waals surface area contributed by atoms with Gasteiger partial charge in [-0.3, -0.25) is 0 Å². The lowest BCUT2D eigenvalue weighted by Crippen LogP contribution is -1.97. The fraction of sp³-hybridized carbons (Fsp3) is 0.500. The standard InChI is InChI=1S/C12H19N/c1-3-4-10(2)12-7-5-11(9-13)6-8-12/h5-8,10H,3-4,9,13H2,1-2H3/t10-/m1/s1. The van der Waals surface area contributed by atoms with Crippen LogP contribution in [0.1, 0.15) is 43.7 Å². The zero-order valence-electron chi connectivity index (χ0n) is 8.59. The molecule has 0 spiro atoms. The first-order valence-corrected chi connectivity index (χ1v) is 5.06. The molecule has 1 atom stereocenters. The Morgan fingerprint density at radius 3 is 2.31 bits per heavy atom. The highest BCUT2D eigenvalue weighted by Crippen LogP contribution is 2.20. The predicted molar refractivity (Wildman–Crippen MR) is 57.7 cm³/mol. The summed E-state index contributed by atoms with van der Waals surface area (Å²) in [4.78, 5) is 0. The topological polar surface area (TPSA) is 26.0 Å². The van der Waals surface area contributed by atoms with Gasteiger partial charge >= 0.3 is 0 Å². The van der Waals surface area contributed by atoms with Gasteiger partial charge in [0.15, 0.2) is 0 Å². The van der Waals surface area contributed by atoms with Crippen molar-refractivity contribution in [1.29, 1.82) is 0 Å². The molecule has 1 aromatic carbocycles. The molecular weight excluding hydrogens is 158 g/mol. The van der Waals surface area contributed by atoms with Crippen LogP contribution in [0.2, 0.25) is 0 Å². The number of benzene rings is 1. The molecule has 0 aromatic heterocycles. The first-order valence-electron chi connectivity index (χ1n) is 5.06. The average molecular weight is 177 g/mol. The van der Waals surface area contributed by atoms with Crippen molar-refractivity contribution in [2.24, 2.45) is 5.73 Å². The number of hydrogen-bond acceptors (Lipinski definition) is 1. The number of nitrogens with two attached hydrogens (primary N) is 1. The Bertz CT molecular complexity index is 238. The quantitative estimate of drug-likeness (QED) is 0.751. The molecule has 0 unspecified atom stereocenters. The van der Waals surface area contributed by atoms with Gasteiger partial charge in [0.2, 0.25) is 0 Å². The van der Waals surface area contributed by atoms with Crippen molar-refractivity contribution in [3.63, 3.8) is 0 Å². The fourth-order valence-corrected chi connectivity index (χ4v) is 1.58. The summed E-state index contributed by atoms with van der Waals surface area (Å²) in [5.74, 6) is 0.678. The molecule has 0 saturated carbocycles. The van der Waals surface area contributed by atoms with Crippen molar-refractivity contribution in [2.75, 3.05) is 0 Å². The van der Waals surface area contributed by atoms with Crippen LogP contribution in [0.4, 0.5) is 0 Å². The van der Waals surface area contributed by atoms with Crippen molar-refractivity contribution in [1.82, 2.24) is 0 Å². The summed E-state index contributed by atoms with van der Waals surface area (Å²) in [6, 6.07) is 8.65. The molecule has 0 amide bonds. The lowest BCUT2D eigenvalue weighted by Gasteiger charge is -2.10. The van der Waals surface area contributed by atoms with Gasteiger partial charge in [-0.05, 0) is 23.5 Å². The molecule has 1 rings (SSSR count). The summed E-state index contributed by atoms with van der Waals surface area (Å²) >= 11 is 0. The number of rotatable bonds is 4. The molecule has 1 aromatic rings. The molecule has 72 valence electrons. The predicted octanol–water partition coefficient (Wildman–Crippen LogP) is 3.05. The highest BCUT2D eigenvalue weighted by Gasteiger charge is 2.02. The second kappa shape index (κ2) is 5.03. The molecule has 0 aliphatic heterocycles. The number of hydrogen-bond donors (Lipinski definition) is 1. The van der Waals surface area contributed by atoms with Crippen molar-refractivity contribution in [3.05, 3.63) is 35.4 Å². The smallest absolute Gasteiger partial charge is 0.0178 e. The van der Waals surface area contributed by atoms with E-state index in [9.17, 15) is 0 Å². The molecule has 0 heterocycles. The maximum atomic E-state index is 5.53. The zero-order chi connectivity index (χ0) is 9.68. The Morgan fingerprint density at radius 2 is 1.85 bits per heavy atom. The third-order valence-electron chi connectivity index (χ3n) is 2.51. The van der Waals surface area contributed by atoms with E-state index < -0.39 is 0 Å². The van der Waals surface area contributed by atoms with Crippen molar-refractivity contribution < 1.29 is 0 Å². The first-order chi connectivity index (χ1) is 6.27. The summed E-state index contributed by atoms with van der Waals surface area (Å²) in [7, 11) is 0. The molecule has 0 aliphatic carbocycles. The van der Waals surface area contributed by atoms with Crippen LogP contribution in [0.3, 0.4) is 0 Å². The molecule has 1 heteroatoms. The SMILES string of the molecule is CCC[C@@H](C)c1ccc(CN)cc1. The van der Waals surface area contributed by atoms with Crippen LogP contribution in [-0.2, 0) is 6.54 Å². The van der Waals surface area contributed by atoms with Gasteiger partial charge < -0.3 is 5.73 Å². The highest BCUT2D eigenvalue weighted by molar-refractivity contribution is 5.24. The van der Waals surface area contributed by atoms with Gasteiger partial charge in [0, 0.05) is 6.54 Å². The Kier molecular flexibility index (Phi) is 3.97. The molecule has 0 aliphatic rings. The summed E-state index contributed by atoms with van der Waals surface area (Å²) in [5, 5.41) is 0. The first kappa shape index (κ1) is 10.3. The van der Waals surface area contributed by atoms with Crippen LogP contribution in [-0.4, -0.2) is 0 Å². The van der Waals surface area contributed by atoms with E-state index in [2.05, 4.69) is 38.1 Å². The van der Waals surface area contributed by atoms with Crippen LogP contribution < -0.4 is 5.73 Å². The minimum absolute atomic E-state index is 0.641. The maximum absolute atomic E-state index is 5.53. The van der Waals surface area contributed by atoms with E-state index in [1.54, 1.807) is 0 Å². The van der Waals surface area contributed by atoms with E-state index in [0.717, 1.165) is 0 Å². The van der Waals surface area contributed by atoms with Crippen LogP contribution in [0.15, 0.2) is 24.3 Å². The molecule has 0 fully saturated rings. The summed E-state index contributed by atoms with van der Waals surface area (Å²) in [6.07, 6.45) is 2.52. The van der Waals surface area contributed by atoms with E-state index in [0.29, 0.717) is 12.5 Å². The molecular formula is C12H19N. The Morgan fingerprint density at radius 1 is 1.23 bits per heavy atom. The Labute approximate surface area is 81.0 Å². The maximum Gasteiger partial charge on any atom is 0.0178 e. The van der Waals surface area contributed by atoms with Crippen LogP contribution in [0, 0.1) is 0 Å². The van der Waals surface area contributed by atoms with Crippen molar-refractivity contribution in [3.8, 4) is 0 Å². The summed E-state index contributed by atoms with van der Waals surface area (Å²) in [6.45, 7) is 5.15. The Balaban J connectivity index is 2.67. The van der Waals surface area contributed by atoms with Gasteiger partial charge in [-0.25, -0.2) is 0 Å². The van der Waals surface area contributed by atoms with Gasteiger partial charge in [0.1, 0.15) is 0 Å². The van der Waals surface area contributed by atoms with E-state index in [1.807, 2.05) is 0 Å². The second-order valence-electron chi connectivity index (χ2n) is 3.64. The van der Waals surface area contributed by atoms with Crippen molar-refractivity contribution in [2.45, 2.75) is 39.2 Å². The minimum Gasteiger partial charge on any atom is -0.326 e. The van der Waals surface area contributed by atoms with Gasteiger partial charge in [0.25, 0.3) is 0 Å². The fourth-order valence-electron chi connectivity index (χ4n) is 1.58. The molecule has 0 radical (unpaired) electrons. The lowest BCUT2D eigenvalue weighted by molar-refractivity contribution is 0.664. The van der Waals surface area contributed by atoms with Gasteiger partial charge in [-0.1, -0.05) is 44.5 Å². The van der Waals surface area contributed by atoms with Crippen LogP contribution in [0.25, 0.3) is 0 Å². The van der Waals surface area contributed by atoms with Crippen LogP contribution in [0.5, 0.6) is 0 Å². The van der Waals surface area contributed by atoms with Crippen LogP contribution >= 0.6 is 0 Å². The second-order valence-corrected chi connectivity index (χ2v) is 3.64. The molecule has 0 bridgehead atoms. The van der Waals surface area contributed by atoms with E-state index >= 15 is 0 Å². The van der Waals surface area contributed by atoms with E-state index in [4.69, 9.17) is 5.73 Å². The highest BCUT2D eigenvalue weighted by atomic mass is 14.5. The molecule has 1 nitrogen and oxygen atoms in total. The minimum atomic E-state index is 0.641. The molecule has 13 heavy (non-hydrogen) atoms. The normalized spacial score (nSPS) is 12.8.